The van der Waals surface area contributed by atoms with Gasteiger partial charge in [0.25, 0.3) is 0 Å². The van der Waals surface area contributed by atoms with E-state index in [9.17, 15) is 9.59 Å². The highest BCUT2D eigenvalue weighted by Crippen LogP contribution is 2.21. The molecule has 120 valence electrons. The zero-order valence-corrected chi connectivity index (χ0v) is 13.8. The Morgan fingerprint density at radius 1 is 1.32 bits per heavy atom. The number of anilines is 1. The summed E-state index contributed by atoms with van der Waals surface area (Å²) < 4.78 is 0. The molecule has 0 radical (unpaired) electrons. The van der Waals surface area contributed by atoms with Crippen molar-refractivity contribution >= 4 is 17.5 Å². The number of unbranched alkanes of at least 4 members (excludes halogenated alkanes) is 1. The lowest BCUT2D eigenvalue weighted by atomic mass is 10.0. The molecular weight excluding hydrogens is 276 g/mol. The molecule has 22 heavy (non-hydrogen) atoms. The van der Waals surface area contributed by atoms with Gasteiger partial charge in [-0.15, -0.1) is 0 Å². The van der Waals surface area contributed by atoms with E-state index in [1.54, 1.807) is 0 Å². The summed E-state index contributed by atoms with van der Waals surface area (Å²) in [6, 6.07) is 7.93. The van der Waals surface area contributed by atoms with E-state index in [1.165, 1.54) is 5.56 Å². The Morgan fingerprint density at radius 2 is 2.00 bits per heavy atom. The molecule has 2 amide bonds. The molecule has 1 unspecified atom stereocenters. The summed E-state index contributed by atoms with van der Waals surface area (Å²) in [7, 11) is 0. The number of nitrogens with one attached hydrogen (secondary N) is 1. The zero-order chi connectivity index (χ0) is 16.1. The van der Waals surface area contributed by atoms with Crippen LogP contribution in [-0.4, -0.2) is 29.8 Å². The first kappa shape index (κ1) is 16.5. The van der Waals surface area contributed by atoms with E-state index in [0.717, 1.165) is 25.1 Å². The van der Waals surface area contributed by atoms with Crippen molar-refractivity contribution in [2.24, 2.45) is 5.92 Å². The van der Waals surface area contributed by atoms with Crippen LogP contribution in [0.5, 0.6) is 0 Å². The second kappa shape index (κ2) is 7.43. The van der Waals surface area contributed by atoms with E-state index < -0.39 is 0 Å². The molecule has 2 rings (SSSR count). The Kier molecular flexibility index (Phi) is 5.58. The van der Waals surface area contributed by atoms with Crippen LogP contribution in [0.3, 0.4) is 0 Å². The van der Waals surface area contributed by atoms with E-state index in [-0.39, 0.29) is 17.7 Å². The number of benzene rings is 1. The highest BCUT2D eigenvalue weighted by Gasteiger charge is 2.33. The second-order valence-corrected chi connectivity index (χ2v) is 6.36. The molecule has 0 bridgehead atoms. The van der Waals surface area contributed by atoms with Crippen molar-refractivity contribution in [2.75, 3.05) is 18.4 Å². The fraction of sp³-hybridized carbons (Fsp3) is 0.556. The molecule has 1 fully saturated rings. The van der Waals surface area contributed by atoms with Gasteiger partial charge in [0.05, 0.1) is 5.92 Å². The number of nitrogens with zero attached hydrogens (tertiary/aromatic N) is 1. The molecule has 4 heteroatoms. The highest BCUT2D eigenvalue weighted by molar-refractivity contribution is 5.97. The topological polar surface area (TPSA) is 49.4 Å². The monoisotopic (exact) mass is 302 g/mol. The van der Waals surface area contributed by atoms with Gasteiger partial charge in [0.1, 0.15) is 0 Å². The van der Waals surface area contributed by atoms with Crippen LogP contribution < -0.4 is 5.32 Å². The third kappa shape index (κ3) is 4.09. The average molecular weight is 302 g/mol. The van der Waals surface area contributed by atoms with Gasteiger partial charge in [-0.1, -0.05) is 39.3 Å². The van der Waals surface area contributed by atoms with Crippen LogP contribution in [0.4, 0.5) is 5.69 Å². The number of carbonyl (C=O) groups excluding carboxylic acids is 2. The molecule has 0 aromatic heterocycles. The van der Waals surface area contributed by atoms with Gasteiger partial charge in [-0.2, -0.15) is 0 Å². The van der Waals surface area contributed by atoms with Crippen LogP contribution in [0.1, 0.15) is 51.5 Å². The van der Waals surface area contributed by atoms with Crippen molar-refractivity contribution in [2.45, 2.75) is 46.0 Å². The van der Waals surface area contributed by atoms with Crippen molar-refractivity contribution in [1.29, 1.82) is 0 Å². The number of hydrogen-bond donors (Lipinski definition) is 1. The zero-order valence-electron chi connectivity index (χ0n) is 13.8. The second-order valence-electron chi connectivity index (χ2n) is 6.36. The maximum absolute atomic E-state index is 12.3. The molecule has 1 N–H and O–H groups in total. The van der Waals surface area contributed by atoms with Crippen LogP contribution >= 0.6 is 0 Å². The van der Waals surface area contributed by atoms with Crippen molar-refractivity contribution in [3.63, 3.8) is 0 Å². The number of likely N-dealkylation sites (tertiary alicyclic amines) is 1. The van der Waals surface area contributed by atoms with E-state index in [1.807, 2.05) is 29.2 Å². The lowest BCUT2D eigenvalue weighted by Crippen LogP contribution is -2.29. The summed E-state index contributed by atoms with van der Waals surface area (Å²) in [5.74, 6) is 0.298. The molecule has 1 aliphatic heterocycles. The Hall–Kier alpha value is -1.84. The van der Waals surface area contributed by atoms with Gasteiger partial charge in [0, 0.05) is 25.2 Å². The minimum atomic E-state index is -0.228. The predicted molar refractivity (Wildman–Crippen MR) is 88.8 cm³/mol. The molecule has 0 aliphatic carbocycles. The van der Waals surface area contributed by atoms with Crippen molar-refractivity contribution in [3.05, 3.63) is 29.8 Å². The highest BCUT2D eigenvalue weighted by atomic mass is 16.2. The molecule has 1 aromatic rings. The van der Waals surface area contributed by atoms with Crippen molar-refractivity contribution < 1.29 is 9.59 Å². The molecule has 1 aliphatic rings. The van der Waals surface area contributed by atoms with Gasteiger partial charge < -0.3 is 10.2 Å². The SMILES string of the molecule is CCCCN1CC(C(=O)Nc2ccc(C(C)C)cc2)CC1=O. The van der Waals surface area contributed by atoms with Crippen molar-refractivity contribution in [1.82, 2.24) is 4.90 Å². The number of rotatable bonds is 6. The summed E-state index contributed by atoms with van der Waals surface area (Å²) in [5, 5.41) is 2.93. The smallest absolute Gasteiger partial charge is 0.229 e. The summed E-state index contributed by atoms with van der Waals surface area (Å²) in [6.07, 6.45) is 2.39. The lowest BCUT2D eigenvalue weighted by molar-refractivity contribution is -0.128. The maximum Gasteiger partial charge on any atom is 0.229 e. The van der Waals surface area contributed by atoms with Gasteiger partial charge in [-0.05, 0) is 30.0 Å². The van der Waals surface area contributed by atoms with Crippen LogP contribution in [0.15, 0.2) is 24.3 Å². The Balaban J connectivity index is 1.91. The molecule has 0 saturated carbocycles. The summed E-state index contributed by atoms with van der Waals surface area (Å²) in [4.78, 5) is 26.0. The molecule has 1 heterocycles. The van der Waals surface area contributed by atoms with Gasteiger partial charge in [0.15, 0.2) is 0 Å². The number of carbonyl (C=O) groups is 2. The molecular formula is C18H26N2O2. The van der Waals surface area contributed by atoms with Gasteiger partial charge in [0.2, 0.25) is 11.8 Å². The van der Waals surface area contributed by atoms with Crippen LogP contribution in [-0.2, 0) is 9.59 Å². The van der Waals surface area contributed by atoms with E-state index in [2.05, 4.69) is 26.1 Å². The van der Waals surface area contributed by atoms with E-state index >= 15 is 0 Å². The van der Waals surface area contributed by atoms with E-state index in [4.69, 9.17) is 0 Å². The fourth-order valence-electron chi connectivity index (χ4n) is 2.71. The van der Waals surface area contributed by atoms with Crippen LogP contribution in [0.25, 0.3) is 0 Å². The molecule has 0 spiro atoms. The molecule has 1 saturated heterocycles. The Labute approximate surface area is 132 Å². The summed E-state index contributed by atoms with van der Waals surface area (Å²) in [6.45, 7) is 7.70. The fourth-order valence-corrected chi connectivity index (χ4v) is 2.71. The van der Waals surface area contributed by atoms with E-state index in [0.29, 0.717) is 18.9 Å². The molecule has 4 nitrogen and oxygen atoms in total. The Morgan fingerprint density at radius 3 is 2.59 bits per heavy atom. The van der Waals surface area contributed by atoms with Crippen LogP contribution in [0, 0.1) is 5.92 Å². The molecule has 1 atom stereocenters. The average Bonchev–Trinajstić information content (AvgIpc) is 2.87. The summed E-state index contributed by atoms with van der Waals surface area (Å²) in [5.41, 5.74) is 2.05. The number of amides is 2. The standard InChI is InChI=1S/C18H26N2O2/c1-4-5-10-20-12-15(11-17(20)21)18(22)19-16-8-6-14(7-9-16)13(2)3/h6-9,13,15H,4-5,10-12H2,1-3H3,(H,19,22). The first-order valence-electron chi connectivity index (χ1n) is 8.19. The van der Waals surface area contributed by atoms with Crippen LogP contribution in [0.2, 0.25) is 0 Å². The lowest BCUT2D eigenvalue weighted by Gasteiger charge is -2.16. The first-order chi connectivity index (χ1) is 10.5. The maximum atomic E-state index is 12.3. The largest absolute Gasteiger partial charge is 0.342 e. The van der Waals surface area contributed by atoms with Gasteiger partial charge >= 0.3 is 0 Å². The quantitative estimate of drug-likeness (QED) is 0.875. The third-order valence-corrected chi connectivity index (χ3v) is 4.21. The predicted octanol–water partition coefficient (Wildman–Crippen LogP) is 3.40. The molecule has 1 aromatic carbocycles. The third-order valence-electron chi connectivity index (χ3n) is 4.21. The first-order valence-corrected chi connectivity index (χ1v) is 8.19. The minimum Gasteiger partial charge on any atom is -0.342 e. The van der Waals surface area contributed by atoms with Gasteiger partial charge in [-0.3, -0.25) is 9.59 Å². The minimum absolute atomic E-state index is 0.0513. The number of hydrogen-bond acceptors (Lipinski definition) is 2. The Bertz CT molecular complexity index is 522. The summed E-state index contributed by atoms with van der Waals surface area (Å²) >= 11 is 0. The normalized spacial score (nSPS) is 18.1. The van der Waals surface area contributed by atoms with Crippen molar-refractivity contribution in [3.8, 4) is 0 Å². The van der Waals surface area contributed by atoms with Gasteiger partial charge in [-0.25, -0.2) is 0 Å².